The van der Waals surface area contributed by atoms with Crippen molar-refractivity contribution in [3.8, 4) is 0 Å². The van der Waals surface area contributed by atoms with Crippen LogP contribution in [0, 0.1) is 11.8 Å². The highest BCUT2D eigenvalue weighted by atomic mass is 35.5. The Morgan fingerprint density at radius 3 is 2.43 bits per heavy atom. The Hall–Kier alpha value is -2.14. The summed E-state index contributed by atoms with van der Waals surface area (Å²) in [7, 11) is 0. The first-order chi connectivity index (χ1) is 13.3. The van der Waals surface area contributed by atoms with Crippen LogP contribution in [0.4, 0.5) is 0 Å². The average Bonchev–Trinajstić information content (AvgIpc) is 3.28. The number of aromatic nitrogens is 4. The molecule has 0 saturated carbocycles. The summed E-state index contributed by atoms with van der Waals surface area (Å²) in [6.45, 7) is 10.8. The van der Waals surface area contributed by atoms with Gasteiger partial charge in [0, 0.05) is 17.4 Å². The fraction of sp³-hybridized carbons (Fsp3) is 0.500. The lowest BCUT2D eigenvalue weighted by Crippen LogP contribution is -2.32. The molecule has 0 radical (unpaired) electrons. The second-order valence-corrected chi connectivity index (χ2v) is 9.14. The molecule has 3 aromatic rings. The van der Waals surface area contributed by atoms with Gasteiger partial charge in [-0.15, -0.1) is 5.10 Å². The molecule has 1 aromatic carbocycles. The van der Waals surface area contributed by atoms with E-state index in [1.165, 1.54) is 0 Å². The largest absolute Gasteiger partial charge is 0.469 e. The van der Waals surface area contributed by atoms with Gasteiger partial charge >= 0.3 is 0 Å². The molecule has 0 fully saturated rings. The highest BCUT2D eigenvalue weighted by Gasteiger charge is 2.34. The van der Waals surface area contributed by atoms with E-state index in [1.807, 2.05) is 35.0 Å². The molecule has 28 heavy (non-hydrogen) atoms. The smallest absolute Gasteiger partial charge is 0.155 e. The zero-order chi connectivity index (χ0) is 20.3. The topological polar surface area (TPSA) is 56.7 Å². The van der Waals surface area contributed by atoms with Crippen LogP contribution >= 0.6 is 11.6 Å². The highest BCUT2D eigenvalue weighted by Crippen LogP contribution is 2.37. The van der Waals surface area contributed by atoms with E-state index < -0.39 is 0 Å². The Bertz CT molecular complexity index is 880. The Kier molecular flexibility index (Phi) is 6.23. The second-order valence-electron chi connectivity index (χ2n) is 8.73. The molecule has 2 heterocycles. The lowest BCUT2D eigenvalue weighted by Gasteiger charge is -2.32. The van der Waals surface area contributed by atoms with Crippen LogP contribution in [0.2, 0.25) is 5.02 Å². The molecule has 3 rings (SSSR count). The molecule has 0 bridgehead atoms. The van der Waals surface area contributed by atoms with Crippen molar-refractivity contribution in [2.24, 2.45) is 11.8 Å². The van der Waals surface area contributed by atoms with E-state index in [0.717, 1.165) is 35.0 Å². The van der Waals surface area contributed by atoms with Crippen molar-refractivity contribution < 1.29 is 4.42 Å². The monoisotopic (exact) mass is 400 g/mol. The summed E-state index contributed by atoms with van der Waals surface area (Å²) in [5.74, 6) is 2.66. The van der Waals surface area contributed by atoms with Crippen LogP contribution in [-0.4, -0.2) is 20.2 Å². The van der Waals surface area contributed by atoms with Crippen LogP contribution in [-0.2, 0) is 18.4 Å². The summed E-state index contributed by atoms with van der Waals surface area (Å²) in [4.78, 5) is 0. The summed E-state index contributed by atoms with van der Waals surface area (Å²) < 4.78 is 7.64. The molecule has 5 nitrogen and oxygen atoms in total. The Labute approximate surface area is 172 Å². The third-order valence-electron chi connectivity index (χ3n) is 5.14. The number of hydrogen-bond acceptors (Lipinski definition) is 4. The molecule has 0 amide bonds. The van der Waals surface area contributed by atoms with Crippen molar-refractivity contribution in [3.63, 3.8) is 0 Å². The van der Waals surface area contributed by atoms with Gasteiger partial charge in [0.1, 0.15) is 5.76 Å². The van der Waals surface area contributed by atoms with Crippen molar-refractivity contribution in [2.45, 2.75) is 58.9 Å². The predicted octanol–water partition coefficient (Wildman–Crippen LogP) is 5.52. The number of benzene rings is 1. The molecule has 6 heteroatoms. The number of nitrogens with zero attached hydrogens (tertiary/aromatic N) is 4. The maximum absolute atomic E-state index is 6.49. The average molecular weight is 401 g/mol. The van der Waals surface area contributed by atoms with E-state index in [9.17, 15) is 0 Å². The molecule has 0 saturated heterocycles. The number of rotatable bonds is 7. The minimum Gasteiger partial charge on any atom is -0.469 e. The van der Waals surface area contributed by atoms with Crippen LogP contribution in [0.3, 0.4) is 0 Å². The van der Waals surface area contributed by atoms with E-state index in [4.69, 9.17) is 16.0 Å². The normalized spacial score (nSPS) is 14.4. The molecule has 0 aliphatic rings. The summed E-state index contributed by atoms with van der Waals surface area (Å²) in [5, 5.41) is 13.6. The van der Waals surface area contributed by atoms with Crippen LogP contribution in [0.5, 0.6) is 0 Å². The standard InChI is InChI=1S/C22H29ClN4O/c1-15(2)20(21-24-25-26-27(21)22(3,4)5)17(14-18-10-8-12-28-18)13-16-9-6-7-11-19(16)23/h6-12,15,17,20H,13-14H2,1-5H3/t17-,20+/m0/s1. The van der Waals surface area contributed by atoms with Crippen molar-refractivity contribution in [1.29, 1.82) is 0 Å². The molecular weight excluding hydrogens is 372 g/mol. The second kappa shape index (κ2) is 8.48. The number of halogens is 1. The molecule has 0 unspecified atom stereocenters. The van der Waals surface area contributed by atoms with Crippen LogP contribution in [0.1, 0.15) is 57.7 Å². The van der Waals surface area contributed by atoms with E-state index in [-0.39, 0.29) is 17.4 Å². The first-order valence-electron chi connectivity index (χ1n) is 9.82. The molecule has 150 valence electrons. The third kappa shape index (κ3) is 4.64. The summed E-state index contributed by atoms with van der Waals surface area (Å²) >= 11 is 6.49. The van der Waals surface area contributed by atoms with Gasteiger partial charge in [-0.3, -0.25) is 0 Å². The summed E-state index contributed by atoms with van der Waals surface area (Å²) in [6.07, 6.45) is 3.36. The predicted molar refractivity (Wildman–Crippen MR) is 111 cm³/mol. The van der Waals surface area contributed by atoms with Crippen LogP contribution in [0.25, 0.3) is 0 Å². The van der Waals surface area contributed by atoms with Gasteiger partial charge in [0.05, 0.1) is 11.8 Å². The first-order valence-corrected chi connectivity index (χ1v) is 10.2. The van der Waals surface area contributed by atoms with Gasteiger partial charge in [-0.1, -0.05) is 43.6 Å². The van der Waals surface area contributed by atoms with Crippen molar-refractivity contribution in [3.05, 3.63) is 64.8 Å². The zero-order valence-corrected chi connectivity index (χ0v) is 18.0. The number of hydrogen-bond donors (Lipinski definition) is 0. The first kappa shape index (κ1) is 20.6. The van der Waals surface area contributed by atoms with E-state index in [0.29, 0.717) is 5.92 Å². The van der Waals surface area contributed by atoms with Gasteiger partial charge < -0.3 is 4.42 Å². The van der Waals surface area contributed by atoms with Gasteiger partial charge in [-0.25, -0.2) is 4.68 Å². The van der Waals surface area contributed by atoms with Crippen LogP contribution < -0.4 is 0 Å². The Morgan fingerprint density at radius 2 is 1.82 bits per heavy atom. The van der Waals surface area contributed by atoms with Crippen molar-refractivity contribution >= 4 is 11.6 Å². The van der Waals surface area contributed by atoms with Gasteiger partial charge in [0.2, 0.25) is 0 Å². The lowest BCUT2D eigenvalue weighted by molar-refractivity contribution is 0.264. The van der Waals surface area contributed by atoms with Crippen molar-refractivity contribution in [1.82, 2.24) is 20.2 Å². The molecular formula is C22H29ClN4O. The van der Waals surface area contributed by atoms with Gasteiger partial charge in [-0.2, -0.15) is 0 Å². The van der Waals surface area contributed by atoms with Gasteiger partial charge in [-0.05, 0) is 73.2 Å². The molecule has 0 aliphatic carbocycles. The number of furan rings is 1. The fourth-order valence-electron chi connectivity index (χ4n) is 3.89. The summed E-state index contributed by atoms with van der Waals surface area (Å²) in [6, 6.07) is 12.0. The SMILES string of the molecule is CC(C)[C@@H](c1nnnn1C(C)(C)C)[C@H](Cc1ccco1)Cc1ccccc1Cl. The highest BCUT2D eigenvalue weighted by molar-refractivity contribution is 6.31. The Morgan fingerprint density at radius 1 is 1.07 bits per heavy atom. The zero-order valence-electron chi connectivity index (χ0n) is 17.3. The van der Waals surface area contributed by atoms with Gasteiger partial charge in [0.15, 0.2) is 5.82 Å². The molecule has 0 spiro atoms. The minimum atomic E-state index is -0.189. The molecule has 2 aromatic heterocycles. The third-order valence-corrected chi connectivity index (χ3v) is 5.51. The number of tetrazole rings is 1. The van der Waals surface area contributed by atoms with E-state index in [2.05, 4.69) is 56.2 Å². The van der Waals surface area contributed by atoms with E-state index >= 15 is 0 Å². The van der Waals surface area contributed by atoms with Gasteiger partial charge in [0.25, 0.3) is 0 Å². The maximum atomic E-state index is 6.49. The molecule has 2 atom stereocenters. The quantitative estimate of drug-likeness (QED) is 0.524. The molecule has 0 aliphatic heterocycles. The summed E-state index contributed by atoms with van der Waals surface area (Å²) in [5.41, 5.74) is 0.951. The van der Waals surface area contributed by atoms with Crippen LogP contribution in [0.15, 0.2) is 47.1 Å². The minimum absolute atomic E-state index is 0.163. The van der Waals surface area contributed by atoms with Crippen molar-refractivity contribution in [2.75, 3.05) is 0 Å². The Balaban J connectivity index is 2.03. The maximum Gasteiger partial charge on any atom is 0.155 e. The fourth-order valence-corrected chi connectivity index (χ4v) is 4.11. The lowest BCUT2D eigenvalue weighted by atomic mass is 9.76. The molecule has 0 N–H and O–H groups in total. The van der Waals surface area contributed by atoms with E-state index in [1.54, 1.807) is 6.26 Å².